The molecule has 0 spiro atoms. The fraction of sp³-hybridized carbons (Fsp3) is 1.00. The van der Waals surface area contributed by atoms with E-state index in [-0.39, 0.29) is 6.29 Å². The van der Waals surface area contributed by atoms with Crippen molar-refractivity contribution in [3.8, 4) is 0 Å². The summed E-state index contributed by atoms with van der Waals surface area (Å²) in [5, 5.41) is 0. The second-order valence-corrected chi connectivity index (χ2v) is 9.13. The van der Waals surface area contributed by atoms with Crippen LogP contribution in [-0.4, -0.2) is 21.2 Å². The van der Waals surface area contributed by atoms with Crippen molar-refractivity contribution in [2.45, 2.75) is 65.5 Å². The molecule has 0 fully saturated rings. The Labute approximate surface area is 90.1 Å². The highest BCUT2D eigenvalue weighted by Gasteiger charge is 2.20. The highest BCUT2D eigenvalue weighted by molar-refractivity contribution is 6.69. The van der Waals surface area contributed by atoms with E-state index in [1.54, 1.807) is 0 Å². The van der Waals surface area contributed by atoms with Crippen LogP contribution in [-0.2, 0) is 9.16 Å². The second-order valence-electron chi connectivity index (χ2n) is 4.67. The molecule has 0 aliphatic rings. The molecule has 0 saturated carbocycles. The Kier molecular flexibility index (Phi) is 7.50. The maximum absolute atomic E-state index is 5.94. The minimum absolute atomic E-state index is 0.0400. The lowest BCUT2D eigenvalue weighted by molar-refractivity contribution is -0.0907. The summed E-state index contributed by atoms with van der Waals surface area (Å²) in [6.07, 6.45) is 4.51. The molecule has 3 heteroatoms. The fourth-order valence-electron chi connectivity index (χ4n) is 1.17. The average Bonchev–Trinajstić information content (AvgIpc) is 2.02. The summed E-state index contributed by atoms with van der Waals surface area (Å²) < 4.78 is 11.7. The quantitative estimate of drug-likeness (QED) is 0.351. The summed E-state index contributed by atoms with van der Waals surface area (Å²) in [4.78, 5) is 0. The van der Waals surface area contributed by atoms with E-state index in [1.807, 2.05) is 0 Å². The zero-order chi connectivity index (χ0) is 11.0. The van der Waals surface area contributed by atoms with Gasteiger partial charge in [-0.05, 0) is 32.5 Å². The number of rotatable bonds is 8. The van der Waals surface area contributed by atoms with E-state index in [9.17, 15) is 0 Å². The van der Waals surface area contributed by atoms with Gasteiger partial charge in [-0.25, -0.2) is 0 Å². The molecule has 0 amide bonds. The minimum Gasteiger partial charge on any atom is -0.393 e. The van der Waals surface area contributed by atoms with Gasteiger partial charge in [0, 0.05) is 6.61 Å². The lowest BCUT2D eigenvalue weighted by Gasteiger charge is -2.26. The zero-order valence-electron chi connectivity index (χ0n) is 10.4. The summed E-state index contributed by atoms with van der Waals surface area (Å²) in [6, 6.07) is 0. The molecule has 0 heterocycles. The average molecular weight is 218 g/mol. The number of hydrogen-bond donors (Lipinski definition) is 0. The van der Waals surface area contributed by atoms with E-state index in [0.29, 0.717) is 0 Å². The Morgan fingerprint density at radius 3 is 2.14 bits per heavy atom. The maximum Gasteiger partial charge on any atom is 0.187 e. The first-order chi connectivity index (χ1) is 6.49. The van der Waals surface area contributed by atoms with Crippen molar-refractivity contribution in [1.82, 2.24) is 0 Å². The van der Waals surface area contributed by atoms with Gasteiger partial charge < -0.3 is 9.16 Å². The third-order valence-corrected chi connectivity index (χ3v) is 2.78. The molecule has 86 valence electrons. The largest absolute Gasteiger partial charge is 0.393 e. The van der Waals surface area contributed by atoms with Crippen LogP contribution in [0.2, 0.25) is 19.6 Å². The Morgan fingerprint density at radius 2 is 1.71 bits per heavy atom. The second kappa shape index (κ2) is 7.43. The number of ether oxygens (including phenoxy) is 1. The van der Waals surface area contributed by atoms with Gasteiger partial charge in [-0.2, -0.15) is 0 Å². The molecule has 0 N–H and O–H groups in total. The molecule has 14 heavy (non-hydrogen) atoms. The van der Waals surface area contributed by atoms with Gasteiger partial charge in [-0.15, -0.1) is 0 Å². The number of hydrogen-bond acceptors (Lipinski definition) is 2. The van der Waals surface area contributed by atoms with E-state index < -0.39 is 8.32 Å². The molecular weight excluding hydrogens is 192 g/mol. The van der Waals surface area contributed by atoms with Gasteiger partial charge >= 0.3 is 0 Å². The van der Waals surface area contributed by atoms with Gasteiger partial charge in [0.1, 0.15) is 6.29 Å². The lowest BCUT2D eigenvalue weighted by Crippen LogP contribution is -2.33. The molecule has 0 aromatic rings. The van der Waals surface area contributed by atoms with Crippen molar-refractivity contribution in [2.75, 3.05) is 6.61 Å². The molecule has 0 saturated heterocycles. The first-order valence-electron chi connectivity index (χ1n) is 5.79. The van der Waals surface area contributed by atoms with Crippen molar-refractivity contribution in [3.63, 3.8) is 0 Å². The van der Waals surface area contributed by atoms with Gasteiger partial charge in [-0.3, -0.25) is 0 Å². The van der Waals surface area contributed by atoms with Crippen LogP contribution in [0.4, 0.5) is 0 Å². The van der Waals surface area contributed by atoms with Crippen LogP contribution in [0.3, 0.4) is 0 Å². The molecule has 2 nitrogen and oxygen atoms in total. The minimum atomic E-state index is -1.44. The van der Waals surface area contributed by atoms with Crippen LogP contribution < -0.4 is 0 Å². The number of unbranched alkanes of at least 4 members (excludes halogenated alkanes) is 1. The van der Waals surface area contributed by atoms with Crippen molar-refractivity contribution in [2.24, 2.45) is 0 Å². The van der Waals surface area contributed by atoms with Gasteiger partial charge in [0.15, 0.2) is 8.32 Å². The molecular formula is C11H26O2Si. The van der Waals surface area contributed by atoms with Gasteiger partial charge in [0.25, 0.3) is 0 Å². The summed E-state index contributed by atoms with van der Waals surface area (Å²) in [5.41, 5.74) is 0. The summed E-state index contributed by atoms with van der Waals surface area (Å²) in [6.45, 7) is 11.8. The Hall–Kier alpha value is 0.137. The van der Waals surface area contributed by atoms with E-state index in [2.05, 4.69) is 33.5 Å². The predicted molar refractivity (Wildman–Crippen MR) is 64.0 cm³/mol. The van der Waals surface area contributed by atoms with Crippen LogP contribution in [0, 0.1) is 0 Å². The third kappa shape index (κ3) is 8.72. The van der Waals surface area contributed by atoms with E-state index in [1.165, 1.54) is 6.42 Å². The summed E-state index contributed by atoms with van der Waals surface area (Å²) >= 11 is 0. The van der Waals surface area contributed by atoms with Crippen LogP contribution in [0.1, 0.15) is 39.5 Å². The molecule has 0 aliphatic carbocycles. The van der Waals surface area contributed by atoms with Crippen LogP contribution in [0.5, 0.6) is 0 Å². The molecule has 1 atom stereocenters. The van der Waals surface area contributed by atoms with Crippen molar-refractivity contribution >= 4 is 8.32 Å². The van der Waals surface area contributed by atoms with Gasteiger partial charge in [0.05, 0.1) is 0 Å². The van der Waals surface area contributed by atoms with E-state index in [0.717, 1.165) is 25.9 Å². The lowest BCUT2D eigenvalue weighted by atomic mass is 10.3. The highest BCUT2D eigenvalue weighted by Crippen LogP contribution is 2.13. The standard InChI is InChI=1S/C11H26O2Si/c1-6-8-10-12-11(9-7-2)13-14(3,4)5/h11H,6-10H2,1-5H3. The smallest absolute Gasteiger partial charge is 0.187 e. The molecule has 1 unspecified atom stereocenters. The SMILES string of the molecule is CCCCOC(CCC)O[Si](C)(C)C. The van der Waals surface area contributed by atoms with E-state index in [4.69, 9.17) is 9.16 Å². The first kappa shape index (κ1) is 14.1. The van der Waals surface area contributed by atoms with Crippen molar-refractivity contribution < 1.29 is 9.16 Å². The topological polar surface area (TPSA) is 18.5 Å². The molecule has 0 rings (SSSR count). The van der Waals surface area contributed by atoms with Gasteiger partial charge in [-0.1, -0.05) is 26.7 Å². The normalized spacial score (nSPS) is 14.4. The summed E-state index contributed by atoms with van der Waals surface area (Å²) in [7, 11) is -1.44. The predicted octanol–water partition coefficient (Wildman–Crippen LogP) is 3.78. The van der Waals surface area contributed by atoms with Crippen LogP contribution in [0.15, 0.2) is 0 Å². The summed E-state index contributed by atoms with van der Waals surface area (Å²) in [5.74, 6) is 0. The van der Waals surface area contributed by atoms with Crippen LogP contribution >= 0.6 is 0 Å². The van der Waals surface area contributed by atoms with E-state index >= 15 is 0 Å². The van der Waals surface area contributed by atoms with Gasteiger partial charge in [0.2, 0.25) is 0 Å². The maximum atomic E-state index is 5.94. The van der Waals surface area contributed by atoms with Crippen molar-refractivity contribution in [1.29, 1.82) is 0 Å². The molecule has 0 radical (unpaired) electrons. The Balaban J connectivity index is 3.77. The molecule has 0 bridgehead atoms. The van der Waals surface area contributed by atoms with Crippen molar-refractivity contribution in [3.05, 3.63) is 0 Å². The third-order valence-electron chi connectivity index (χ3n) is 1.81. The highest BCUT2D eigenvalue weighted by atomic mass is 28.4. The zero-order valence-corrected chi connectivity index (χ0v) is 11.4. The molecule has 0 aromatic carbocycles. The Bertz CT molecular complexity index is 132. The Morgan fingerprint density at radius 1 is 1.07 bits per heavy atom. The first-order valence-corrected chi connectivity index (χ1v) is 9.19. The monoisotopic (exact) mass is 218 g/mol. The molecule has 0 aromatic heterocycles. The fourth-order valence-corrected chi connectivity index (χ4v) is 2.14. The van der Waals surface area contributed by atoms with Crippen LogP contribution in [0.25, 0.3) is 0 Å². The molecule has 0 aliphatic heterocycles.